The fourth-order valence-electron chi connectivity index (χ4n) is 2.14. The number of azide groups is 1. The highest BCUT2D eigenvalue weighted by Gasteiger charge is 2.18. The average Bonchev–Trinajstić information content (AvgIpc) is 2.58. The molecule has 0 aliphatic heterocycles. The van der Waals surface area contributed by atoms with E-state index in [1.165, 1.54) is 6.07 Å². The molecule has 0 radical (unpaired) electrons. The van der Waals surface area contributed by atoms with Crippen molar-refractivity contribution in [2.45, 2.75) is 13.8 Å². The molecule has 23 heavy (non-hydrogen) atoms. The number of benzene rings is 2. The molecule has 0 heterocycles. The lowest BCUT2D eigenvalue weighted by Crippen LogP contribution is -2.06. The van der Waals surface area contributed by atoms with E-state index in [0.29, 0.717) is 41.5 Å². The Kier molecular flexibility index (Phi) is 5.61. The molecular weight excluding hydrogens is 294 g/mol. The molecule has 0 atom stereocenters. The van der Waals surface area contributed by atoms with Crippen LogP contribution in [0.3, 0.4) is 0 Å². The summed E-state index contributed by atoms with van der Waals surface area (Å²) < 4.78 is 11.0. The summed E-state index contributed by atoms with van der Waals surface area (Å²) in [5, 5.41) is 3.61. The monoisotopic (exact) mass is 311 g/mol. The van der Waals surface area contributed by atoms with Crippen molar-refractivity contribution in [3.63, 3.8) is 0 Å². The van der Waals surface area contributed by atoms with Crippen LogP contribution in [0.15, 0.2) is 47.6 Å². The van der Waals surface area contributed by atoms with Gasteiger partial charge in [-0.15, -0.1) is 0 Å². The number of carbonyl (C=O) groups is 1. The van der Waals surface area contributed by atoms with Gasteiger partial charge in [0.05, 0.1) is 24.5 Å². The fraction of sp³-hybridized carbons (Fsp3) is 0.235. The third-order valence-electron chi connectivity index (χ3n) is 3.09. The van der Waals surface area contributed by atoms with Gasteiger partial charge in [-0.05, 0) is 31.5 Å². The first-order valence-corrected chi connectivity index (χ1v) is 7.29. The second-order valence-electron chi connectivity index (χ2n) is 4.57. The highest BCUT2D eigenvalue weighted by molar-refractivity contribution is 6.11. The molecule has 2 rings (SSSR count). The Morgan fingerprint density at radius 2 is 1.74 bits per heavy atom. The van der Waals surface area contributed by atoms with Crippen molar-refractivity contribution in [1.29, 1.82) is 0 Å². The Hall–Kier alpha value is -2.98. The van der Waals surface area contributed by atoms with Crippen LogP contribution < -0.4 is 9.47 Å². The smallest absolute Gasteiger partial charge is 0.196 e. The molecule has 6 heteroatoms. The predicted octanol–water partition coefficient (Wildman–Crippen LogP) is 4.66. The van der Waals surface area contributed by atoms with E-state index in [1.807, 2.05) is 19.9 Å². The number of nitrogens with zero attached hydrogens (tertiary/aromatic N) is 3. The number of rotatable bonds is 7. The Morgan fingerprint density at radius 1 is 1.09 bits per heavy atom. The first-order valence-electron chi connectivity index (χ1n) is 7.29. The zero-order chi connectivity index (χ0) is 16.7. The summed E-state index contributed by atoms with van der Waals surface area (Å²) in [5.41, 5.74) is 9.90. The maximum atomic E-state index is 12.7. The first kappa shape index (κ1) is 16.4. The largest absolute Gasteiger partial charge is 0.493 e. The lowest BCUT2D eigenvalue weighted by atomic mass is 10.0. The summed E-state index contributed by atoms with van der Waals surface area (Å²) in [6.07, 6.45) is 0. The molecule has 0 aliphatic carbocycles. The van der Waals surface area contributed by atoms with Crippen LogP contribution in [0.1, 0.15) is 29.8 Å². The van der Waals surface area contributed by atoms with Gasteiger partial charge in [-0.3, -0.25) is 4.79 Å². The molecule has 2 aromatic rings. The van der Waals surface area contributed by atoms with Crippen molar-refractivity contribution in [1.82, 2.24) is 0 Å². The van der Waals surface area contributed by atoms with Crippen molar-refractivity contribution in [2.24, 2.45) is 5.11 Å². The zero-order valence-corrected chi connectivity index (χ0v) is 13.0. The van der Waals surface area contributed by atoms with Gasteiger partial charge in [0.15, 0.2) is 5.78 Å². The summed E-state index contributed by atoms with van der Waals surface area (Å²) in [7, 11) is 0. The lowest BCUT2D eigenvalue weighted by Gasteiger charge is -2.14. The number of hydrogen-bond donors (Lipinski definition) is 0. The standard InChI is InChI=1S/C17H17N3O3/c1-3-22-15-11-14(19-20-18)16(23-4-2)10-13(15)17(21)12-8-6-5-7-9-12/h5-11H,3-4H2,1-2H3. The van der Waals surface area contributed by atoms with Crippen LogP contribution in [-0.2, 0) is 0 Å². The molecule has 0 spiro atoms. The number of ketones is 1. The van der Waals surface area contributed by atoms with Gasteiger partial charge in [0, 0.05) is 10.5 Å². The van der Waals surface area contributed by atoms with Crippen molar-refractivity contribution < 1.29 is 14.3 Å². The van der Waals surface area contributed by atoms with Crippen LogP contribution in [0, 0.1) is 0 Å². The highest BCUT2D eigenvalue weighted by atomic mass is 16.5. The van der Waals surface area contributed by atoms with Gasteiger partial charge in [0.1, 0.15) is 11.5 Å². The number of carbonyl (C=O) groups excluding carboxylic acids is 1. The molecule has 0 bridgehead atoms. The molecule has 0 N–H and O–H groups in total. The Bertz CT molecular complexity index is 738. The van der Waals surface area contributed by atoms with Gasteiger partial charge in [-0.1, -0.05) is 35.4 Å². The third kappa shape index (κ3) is 3.81. The minimum atomic E-state index is -0.178. The quantitative estimate of drug-likeness (QED) is 0.322. The summed E-state index contributed by atoms with van der Waals surface area (Å²) >= 11 is 0. The van der Waals surface area contributed by atoms with Crippen molar-refractivity contribution in [3.05, 3.63) is 64.0 Å². The van der Waals surface area contributed by atoms with Gasteiger partial charge in [0.25, 0.3) is 0 Å². The molecule has 118 valence electrons. The minimum absolute atomic E-state index is 0.178. The lowest BCUT2D eigenvalue weighted by molar-refractivity contribution is 0.103. The second-order valence-corrected chi connectivity index (χ2v) is 4.57. The van der Waals surface area contributed by atoms with Crippen LogP contribution in [0.2, 0.25) is 0 Å². The fourth-order valence-corrected chi connectivity index (χ4v) is 2.14. The molecule has 0 aliphatic rings. The van der Waals surface area contributed by atoms with E-state index in [9.17, 15) is 4.79 Å². The molecule has 0 amide bonds. The Balaban J connectivity index is 2.57. The molecule has 0 saturated heterocycles. The number of ether oxygens (including phenoxy) is 2. The SMILES string of the molecule is CCOc1cc(C(=O)c2ccccc2)c(OCC)cc1N=[N+]=[N-]. The molecule has 6 nitrogen and oxygen atoms in total. The van der Waals surface area contributed by atoms with E-state index in [1.54, 1.807) is 30.3 Å². The van der Waals surface area contributed by atoms with E-state index in [0.717, 1.165) is 0 Å². The van der Waals surface area contributed by atoms with E-state index >= 15 is 0 Å². The van der Waals surface area contributed by atoms with Crippen LogP contribution in [0.5, 0.6) is 11.5 Å². The van der Waals surface area contributed by atoms with E-state index < -0.39 is 0 Å². The molecule has 2 aromatic carbocycles. The Labute approximate surface area is 134 Å². The van der Waals surface area contributed by atoms with E-state index in [4.69, 9.17) is 15.0 Å². The van der Waals surface area contributed by atoms with E-state index in [-0.39, 0.29) is 5.78 Å². The number of hydrogen-bond acceptors (Lipinski definition) is 4. The minimum Gasteiger partial charge on any atom is -0.493 e. The zero-order valence-electron chi connectivity index (χ0n) is 13.0. The maximum Gasteiger partial charge on any atom is 0.196 e. The van der Waals surface area contributed by atoms with Crippen molar-refractivity contribution in [3.8, 4) is 11.5 Å². The highest BCUT2D eigenvalue weighted by Crippen LogP contribution is 2.36. The van der Waals surface area contributed by atoms with Crippen LogP contribution >= 0.6 is 0 Å². The van der Waals surface area contributed by atoms with Gasteiger partial charge in [-0.2, -0.15) is 0 Å². The van der Waals surface area contributed by atoms with Crippen LogP contribution in [0.25, 0.3) is 10.4 Å². The predicted molar refractivity (Wildman–Crippen MR) is 87.5 cm³/mol. The van der Waals surface area contributed by atoms with Crippen LogP contribution in [0.4, 0.5) is 5.69 Å². The molecule has 0 saturated carbocycles. The third-order valence-corrected chi connectivity index (χ3v) is 3.09. The van der Waals surface area contributed by atoms with E-state index in [2.05, 4.69) is 10.0 Å². The summed E-state index contributed by atoms with van der Waals surface area (Å²) in [6, 6.07) is 12.0. The Morgan fingerprint density at radius 3 is 2.35 bits per heavy atom. The topological polar surface area (TPSA) is 84.3 Å². The van der Waals surface area contributed by atoms with Crippen LogP contribution in [-0.4, -0.2) is 19.0 Å². The molecule has 0 aromatic heterocycles. The molecular formula is C17H17N3O3. The normalized spacial score (nSPS) is 9.83. The first-order chi connectivity index (χ1) is 11.2. The average molecular weight is 311 g/mol. The van der Waals surface area contributed by atoms with Gasteiger partial charge in [0.2, 0.25) is 0 Å². The molecule has 0 unspecified atom stereocenters. The van der Waals surface area contributed by atoms with Crippen molar-refractivity contribution >= 4 is 11.5 Å². The van der Waals surface area contributed by atoms with Gasteiger partial charge < -0.3 is 9.47 Å². The van der Waals surface area contributed by atoms with Gasteiger partial charge >= 0.3 is 0 Å². The van der Waals surface area contributed by atoms with Gasteiger partial charge in [-0.25, -0.2) is 0 Å². The second kappa shape index (κ2) is 7.87. The van der Waals surface area contributed by atoms with Crippen molar-refractivity contribution in [2.75, 3.05) is 13.2 Å². The molecule has 0 fully saturated rings. The summed E-state index contributed by atoms with van der Waals surface area (Å²) in [6.45, 7) is 4.41. The summed E-state index contributed by atoms with van der Waals surface area (Å²) in [5.74, 6) is 0.544. The maximum absolute atomic E-state index is 12.7. The summed E-state index contributed by atoms with van der Waals surface area (Å²) in [4.78, 5) is 15.5.